The molecule has 0 N–H and O–H groups in total. The summed E-state index contributed by atoms with van der Waals surface area (Å²) in [7, 11) is 0. The molecule has 2 nitrogen and oxygen atoms in total. The fraction of sp³-hybridized carbons (Fsp3) is 0.0833. The highest BCUT2D eigenvalue weighted by molar-refractivity contribution is 9.10. The molecule has 1 heterocycles. The highest BCUT2D eigenvalue weighted by Gasteiger charge is 2.15. The van der Waals surface area contributed by atoms with Gasteiger partial charge in [-0.15, -0.1) is 11.3 Å². The van der Waals surface area contributed by atoms with Crippen molar-refractivity contribution in [3.05, 3.63) is 48.8 Å². The second-order valence-electron chi connectivity index (χ2n) is 3.53. The van der Waals surface area contributed by atoms with Crippen LogP contribution in [0.15, 0.2) is 28.7 Å². The van der Waals surface area contributed by atoms with Gasteiger partial charge in [-0.25, -0.2) is 4.39 Å². The van der Waals surface area contributed by atoms with Crippen LogP contribution in [0.4, 0.5) is 4.39 Å². The van der Waals surface area contributed by atoms with Crippen LogP contribution in [-0.2, 0) is 0 Å². The van der Waals surface area contributed by atoms with Crippen LogP contribution in [0.1, 0.15) is 10.4 Å². The number of thiophene rings is 1. The van der Waals surface area contributed by atoms with Gasteiger partial charge in [0.15, 0.2) is 6.61 Å². The van der Waals surface area contributed by atoms with Gasteiger partial charge in [-0.05, 0) is 40.2 Å². The van der Waals surface area contributed by atoms with E-state index in [9.17, 15) is 9.18 Å². The monoisotopic (exact) mass is 382 g/mol. The summed E-state index contributed by atoms with van der Waals surface area (Å²) >= 11 is 15.8. The molecule has 7 heteroatoms. The average Bonchev–Trinajstić information content (AvgIpc) is 2.70. The Hall–Kier alpha value is -0.620. The standard InChI is InChI=1S/C12H6BrCl2FO2S/c13-8-3-6(1-2-9(8)16)18-5-10(17)7-4-11(14)19-12(7)15/h1-4H,5H2. The van der Waals surface area contributed by atoms with Gasteiger partial charge in [-0.1, -0.05) is 23.2 Å². The van der Waals surface area contributed by atoms with Gasteiger partial charge in [0, 0.05) is 0 Å². The van der Waals surface area contributed by atoms with Gasteiger partial charge in [0.05, 0.1) is 14.4 Å². The lowest BCUT2D eigenvalue weighted by Crippen LogP contribution is -2.11. The second-order valence-corrected chi connectivity index (χ2v) is 6.67. The minimum atomic E-state index is -0.397. The lowest BCUT2D eigenvalue weighted by molar-refractivity contribution is 0.0922. The molecule has 0 aliphatic heterocycles. The molecule has 19 heavy (non-hydrogen) atoms. The maximum atomic E-state index is 13.0. The summed E-state index contributed by atoms with van der Waals surface area (Å²) in [6, 6.07) is 5.64. The average molecular weight is 384 g/mol. The molecule has 0 aliphatic carbocycles. The van der Waals surface area contributed by atoms with Crippen LogP contribution in [-0.4, -0.2) is 12.4 Å². The van der Waals surface area contributed by atoms with E-state index in [1.165, 1.54) is 24.3 Å². The zero-order valence-electron chi connectivity index (χ0n) is 9.25. The minimum Gasteiger partial charge on any atom is -0.485 e. The Morgan fingerprint density at radius 1 is 1.37 bits per heavy atom. The summed E-state index contributed by atoms with van der Waals surface area (Å²) in [6.45, 7) is -0.190. The highest BCUT2D eigenvalue weighted by atomic mass is 79.9. The SMILES string of the molecule is O=C(COc1ccc(F)c(Br)c1)c1cc(Cl)sc1Cl. The Kier molecular flexibility index (Phi) is 4.84. The summed E-state index contributed by atoms with van der Waals surface area (Å²) in [4.78, 5) is 11.9. The molecule has 0 saturated heterocycles. The molecule has 2 rings (SSSR count). The van der Waals surface area contributed by atoms with Gasteiger partial charge in [-0.3, -0.25) is 4.79 Å². The molecule has 0 spiro atoms. The van der Waals surface area contributed by atoms with E-state index in [-0.39, 0.29) is 16.9 Å². The Morgan fingerprint density at radius 3 is 2.68 bits per heavy atom. The minimum absolute atomic E-state index is 0.190. The summed E-state index contributed by atoms with van der Waals surface area (Å²) < 4.78 is 19.3. The number of carbonyl (C=O) groups excluding carboxylic acids is 1. The number of hydrogen-bond acceptors (Lipinski definition) is 3. The molecule has 0 aliphatic rings. The lowest BCUT2D eigenvalue weighted by Gasteiger charge is -2.05. The third-order valence-corrected chi connectivity index (χ3v) is 4.31. The predicted octanol–water partition coefficient (Wildman–Crippen LogP) is 5.22. The molecular weight excluding hydrogens is 378 g/mol. The van der Waals surface area contributed by atoms with E-state index in [2.05, 4.69) is 15.9 Å². The second kappa shape index (κ2) is 6.22. The number of halogens is 4. The van der Waals surface area contributed by atoms with Crippen LogP contribution in [0.25, 0.3) is 0 Å². The van der Waals surface area contributed by atoms with E-state index >= 15 is 0 Å². The number of Topliss-reactive ketones (excluding diaryl/α,β-unsaturated/α-hetero) is 1. The topological polar surface area (TPSA) is 26.3 Å². The van der Waals surface area contributed by atoms with E-state index < -0.39 is 5.82 Å². The van der Waals surface area contributed by atoms with E-state index in [4.69, 9.17) is 27.9 Å². The number of benzene rings is 1. The normalized spacial score (nSPS) is 10.5. The zero-order chi connectivity index (χ0) is 14.0. The Labute approximate surface area is 131 Å². The molecule has 0 unspecified atom stereocenters. The first-order valence-corrected chi connectivity index (χ1v) is 7.40. The third kappa shape index (κ3) is 3.69. The van der Waals surface area contributed by atoms with Crippen LogP contribution in [0.2, 0.25) is 8.67 Å². The molecule has 0 amide bonds. The van der Waals surface area contributed by atoms with Crippen LogP contribution >= 0.6 is 50.5 Å². The van der Waals surface area contributed by atoms with Crippen molar-refractivity contribution in [2.45, 2.75) is 0 Å². The molecule has 0 radical (unpaired) electrons. The predicted molar refractivity (Wildman–Crippen MR) is 78.3 cm³/mol. The quantitative estimate of drug-likeness (QED) is 0.676. The first-order chi connectivity index (χ1) is 8.97. The smallest absolute Gasteiger partial charge is 0.202 e. The Bertz CT molecular complexity index is 630. The summed E-state index contributed by atoms with van der Waals surface area (Å²) in [5, 5.41) is 0. The molecule has 0 fully saturated rings. The molecule has 1 aromatic heterocycles. The van der Waals surface area contributed by atoms with Crippen molar-refractivity contribution in [2.24, 2.45) is 0 Å². The van der Waals surface area contributed by atoms with E-state index in [1.54, 1.807) is 0 Å². The maximum absolute atomic E-state index is 13.0. The van der Waals surface area contributed by atoms with E-state index in [0.29, 0.717) is 20.0 Å². The Balaban J connectivity index is 2.04. The number of ether oxygens (including phenoxy) is 1. The Morgan fingerprint density at radius 2 is 2.11 bits per heavy atom. The molecule has 1 aromatic carbocycles. The van der Waals surface area contributed by atoms with Crippen molar-refractivity contribution in [1.29, 1.82) is 0 Å². The summed E-state index contributed by atoms with van der Waals surface area (Å²) in [6.07, 6.45) is 0. The van der Waals surface area contributed by atoms with Crippen LogP contribution in [0.5, 0.6) is 5.75 Å². The number of ketones is 1. The molecule has 2 aromatic rings. The van der Waals surface area contributed by atoms with E-state index in [0.717, 1.165) is 11.3 Å². The maximum Gasteiger partial charge on any atom is 0.202 e. The van der Waals surface area contributed by atoms with Crippen molar-refractivity contribution in [2.75, 3.05) is 6.61 Å². The molecule has 100 valence electrons. The summed E-state index contributed by atoms with van der Waals surface area (Å²) in [5.74, 6) is -0.293. The molecule has 0 saturated carbocycles. The van der Waals surface area contributed by atoms with Crippen molar-refractivity contribution in [1.82, 2.24) is 0 Å². The number of rotatable bonds is 4. The van der Waals surface area contributed by atoms with Gasteiger partial charge in [0.25, 0.3) is 0 Å². The van der Waals surface area contributed by atoms with Crippen LogP contribution in [0, 0.1) is 5.82 Å². The van der Waals surface area contributed by atoms with Crippen molar-refractivity contribution in [3.8, 4) is 5.75 Å². The molecule has 0 atom stereocenters. The number of hydrogen-bond donors (Lipinski definition) is 0. The van der Waals surface area contributed by atoms with Crippen LogP contribution in [0.3, 0.4) is 0 Å². The molecular formula is C12H6BrCl2FO2S. The van der Waals surface area contributed by atoms with Gasteiger partial charge < -0.3 is 4.74 Å². The first-order valence-electron chi connectivity index (χ1n) is 5.03. The van der Waals surface area contributed by atoms with Crippen molar-refractivity contribution in [3.63, 3.8) is 0 Å². The van der Waals surface area contributed by atoms with Crippen LogP contribution < -0.4 is 4.74 Å². The van der Waals surface area contributed by atoms with Gasteiger partial charge in [0.1, 0.15) is 15.9 Å². The fourth-order valence-electron chi connectivity index (χ4n) is 1.32. The fourth-order valence-corrected chi connectivity index (χ4v) is 3.18. The highest BCUT2D eigenvalue weighted by Crippen LogP contribution is 2.31. The number of carbonyl (C=O) groups is 1. The van der Waals surface area contributed by atoms with Crippen molar-refractivity contribution < 1.29 is 13.9 Å². The third-order valence-electron chi connectivity index (χ3n) is 2.22. The van der Waals surface area contributed by atoms with Gasteiger partial charge in [0.2, 0.25) is 5.78 Å². The molecule has 0 bridgehead atoms. The van der Waals surface area contributed by atoms with Crippen molar-refractivity contribution >= 4 is 56.3 Å². The zero-order valence-corrected chi connectivity index (χ0v) is 13.2. The van der Waals surface area contributed by atoms with E-state index in [1.807, 2.05) is 0 Å². The van der Waals surface area contributed by atoms with Gasteiger partial charge in [-0.2, -0.15) is 0 Å². The lowest BCUT2D eigenvalue weighted by atomic mass is 10.2. The van der Waals surface area contributed by atoms with Gasteiger partial charge >= 0.3 is 0 Å². The summed E-state index contributed by atoms with van der Waals surface area (Å²) in [5.41, 5.74) is 0.331. The largest absolute Gasteiger partial charge is 0.485 e. The first kappa shape index (κ1) is 14.8.